The van der Waals surface area contributed by atoms with E-state index in [1.807, 2.05) is 4.57 Å². The lowest BCUT2D eigenvalue weighted by atomic mass is 9.55. The van der Waals surface area contributed by atoms with E-state index in [9.17, 15) is 15.3 Å². The number of rotatable bonds is 1. The number of phenolic OH excluding ortho intramolecular Hbond substituents is 2. The first-order valence-electron chi connectivity index (χ1n) is 11.1. The van der Waals surface area contributed by atoms with Gasteiger partial charge in [-0.3, -0.25) is 9.98 Å². The highest BCUT2D eigenvalue weighted by Crippen LogP contribution is 2.62. The molecule has 5 atom stereocenters. The van der Waals surface area contributed by atoms with Gasteiger partial charge in [0.05, 0.1) is 18.1 Å². The van der Waals surface area contributed by atoms with Crippen LogP contribution in [0.25, 0.3) is 16.9 Å². The maximum atomic E-state index is 10.7. The molecule has 1 aromatic carbocycles. The summed E-state index contributed by atoms with van der Waals surface area (Å²) in [7, 11) is 0. The summed E-state index contributed by atoms with van der Waals surface area (Å²) in [5.74, 6) is 0.967. The van der Waals surface area contributed by atoms with E-state index in [1.54, 1.807) is 18.7 Å². The highest BCUT2D eigenvalue weighted by molar-refractivity contribution is 5.73. The van der Waals surface area contributed by atoms with Crippen molar-refractivity contribution in [3.8, 4) is 17.2 Å². The minimum atomic E-state index is -0.237. The monoisotopic (exact) mass is 421 g/mol. The molecule has 0 spiro atoms. The maximum absolute atomic E-state index is 10.7. The third-order valence-electron chi connectivity index (χ3n) is 8.53. The van der Waals surface area contributed by atoms with Gasteiger partial charge < -0.3 is 20.3 Å². The zero-order valence-corrected chi connectivity index (χ0v) is 17.5. The molecule has 0 saturated heterocycles. The van der Waals surface area contributed by atoms with Crippen LogP contribution >= 0.6 is 0 Å². The predicted molar refractivity (Wildman–Crippen MR) is 113 cm³/mol. The fourth-order valence-corrected chi connectivity index (χ4v) is 6.97. The van der Waals surface area contributed by atoms with Crippen molar-refractivity contribution in [2.45, 2.75) is 57.5 Å². The number of hydrogen-bond donors (Lipinski definition) is 5. The van der Waals surface area contributed by atoms with Gasteiger partial charge in [0.25, 0.3) is 0 Å². The summed E-state index contributed by atoms with van der Waals surface area (Å²) in [4.78, 5) is 11.6. The lowest BCUT2D eigenvalue weighted by Crippen LogP contribution is -2.44. The van der Waals surface area contributed by atoms with Crippen LogP contribution in [-0.4, -0.2) is 40.9 Å². The van der Waals surface area contributed by atoms with Crippen LogP contribution in [0.3, 0.4) is 0 Å². The summed E-state index contributed by atoms with van der Waals surface area (Å²) in [6, 6.07) is 1.60. The Morgan fingerprint density at radius 1 is 1.19 bits per heavy atom. The van der Waals surface area contributed by atoms with E-state index in [4.69, 9.17) is 5.41 Å². The fourth-order valence-electron chi connectivity index (χ4n) is 6.97. The van der Waals surface area contributed by atoms with E-state index in [2.05, 4.69) is 21.9 Å². The van der Waals surface area contributed by atoms with Crippen molar-refractivity contribution in [3.63, 3.8) is 0 Å². The van der Waals surface area contributed by atoms with Crippen LogP contribution in [0.5, 0.6) is 11.5 Å². The number of aromatic amines is 1. The third-order valence-corrected chi connectivity index (χ3v) is 8.53. The second-order valence-corrected chi connectivity index (χ2v) is 9.77. The number of fused-ring (bicyclic) bond motifs is 6. The minimum absolute atomic E-state index is 0.0269. The molecule has 6 rings (SSSR count). The molecule has 31 heavy (non-hydrogen) atoms. The Morgan fingerprint density at radius 3 is 2.87 bits per heavy atom. The zero-order chi connectivity index (χ0) is 21.5. The molecule has 4 unspecified atom stereocenters. The van der Waals surface area contributed by atoms with Gasteiger partial charge in [-0.15, -0.1) is 0 Å². The second-order valence-electron chi connectivity index (χ2n) is 9.77. The van der Waals surface area contributed by atoms with Gasteiger partial charge in [0.15, 0.2) is 22.6 Å². The van der Waals surface area contributed by atoms with Crippen LogP contribution in [0.2, 0.25) is 0 Å². The summed E-state index contributed by atoms with van der Waals surface area (Å²) >= 11 is 0. The van der Waals surface area contributed by atoms with Crippen LogP contribution in [0.15, 0.2) is 18.7 Å². The Balaban J connectivity index is 1.57. The molecule has 0 radical (unpaired) electrons. The van der Waals surface area contributed by atoms with E-state index in [1.165, 1.54) is 0 Å². The predicted octanol–water partition coefficient (Wildman–Crippen LogP) is 2.86. The number of nitrogens with zero attached hydrogens (tertiary/aromatic N) is 3. The summed E-state index contributed by atoms with van der Waals surface area (Å²) in [6.07, 6.45) is 8.32. The van der Waals surface area contributed by atoms with E-state index >= 15 is 0 Å². The third kappa shape index (κ3) is 2.42. The molecular formula is C23H27N5O3. The average Bonchev–Trinajstić information content (AvgIpc) is 3.37. The summed E-state index contributed by atoms with van der Waals surface area (Å²) in [6.45, 7) is 2.25. The number of aliphatic hydroxyl groups is 1. The van der Waals surface area contributed by atoms with Gasteiger partial charge in [0.2, 0.25) is 0 Å². The lowest BCUT2D eigenvalue weighted by molar-refractivity contribution is -0.0227. The van der Waals surface area contributed by atoms with Gasteiger partial charge >= 0.3 is 0 Å². The van der Waals surface area contributed by atoms with Gasteiger partial charge in [-0.1, -0.05) is 6.92 Å². The number of phenols is 2. The van der Waals surface area contributed by atoms with E-state index in [-0.39, 0.29) is 34.4 Å². The SMILES string of the molecule is C[C@]12CCC3c4c(-n5cnc(=N)c6[nH]cnc65)cc(O)c(O)c4CCC3C1CCC2O. The van der Waals surface area contributed by atoms with Crippen molar-refractivity contribution in [1.82, 2.24) is 19.5 Å². The van der Waals surface area contributed by atoms with Gasteiger partial charge in [-0.25, -0.2) is 9.97 Å². The molecule has 2 saturated carbocycles. The van der Waals surface area contributed by atoms with Crippen molar-refractivity contribution >= 4 is 11.2 Å². The van der Waals surface area contributed by atoms with Crippen molar-refractivity contribution in [3.05, 3.63) is 35.3 Å². The molecule has 8 nitrogen and oxygen atoms in total. The number of nitrogens with one attached hydrogen (secondary N) is 2. The number of aromatic nitrogens is 4. The molecule has 0 amide bonds. The Kier molecular flexibility index (Phi) is 3.85. The average molecular weight is 422 g/mol. The molecule has 3 aliphatic rings. The van der Waals surface area contributed by atoms with Gasteiger partial charge in [-0.2, -0.15) is 0 Å². The molecule has 2 aromatic heterocycles. The topological polar surface area (TPSA) is 131 Å². The van der Waals surface area contributed by atoms with Gasteiger partial charge in [0, 0.05) is 11.6 Å². The fraction of sp³-hybridized carbons (Fsp3) is 0.522. The molecule has 162 valence electrons. The van der Waals surface area contributed by atoms with Crippen molar-refractivity contribution in [1.29, 1.82) is 5.41 Å². The quantitative estimate of drug-likeness (QED) is 0.386. The minimum Gasteiger partial charge on any atom is -0.504 e. The smallest absolute Gasteiger partial charge is 0.173 e. The normalized spacial score (nSPS) is 31.9. The summed E-state index contributed by atoms with van der Waals surface area (Å²) < 4.78 is 1.82. The molecule has 5 N–H and O–H groups in total. The molecule has 3 aromatic rings. The van der Waals surface area contributed by atoms with Crippen LogP contribution in [0.4, 0.5) is 0 Å². The van der Waals surface area contributed by atoms with Crippen molar-refractivity contribution < 1.29 is 15.3 Å². The van der Waals surface area contributed by atoms with Crippen molar-refractivity contribution in [2.24, 2.45) is 17.3 Å². The van der Waals surface area contributed by atoms with Crippen molar-refractivity contribution in [2.75, 3.05) is 0 Å². The number of aromatic hydroxyl groups is 2. The van der Waals surface area contributed by atoms with E-state index in [0.29, 0.717) is 29.4 Å². The first-order valence-corrected chi connectivity index (χ1v) is 11.1. The maximum Gasteiger partial charge on any atom is 0.173 e. The van der Waals surface area contributed by atoms with Gasteiger partial charge in [0.1, 0.15) is 11.8 Å². The molecule has 0 bridgehead atoms. The second kappa shape index (κ2) is 6.32. The Morgan fingerprint density at radius 2 is 2.03 bits per heavy atom. The number of H-pyrrole nitrogens is 1. The number of hydrogen-bond acceptors (Lipinski definition) is 6. The van der Waals surface area contributed by atoms with Crippen LogP contribution in [0.1, 0.15) is 56.1 Å². The van der Waals surface area contributed by atoms with E-state index in [0.717, 1.165) is 48.9 Å². The standard InChI is InChI=1S/C23H27N5O3/c1-23-7-6-12-11(14(23)4-5-17(23)30)2-3-13-18(12)15(8-16(29)20(13)31)28-10-27-21(24)19-22(28)26-9-25-19/h8-12,14,17,24,29-31H,2-7H2,1H3,(H,25,26)/t11?,12?,14?,17?,23-/m0/s1. The lowest BCUT2D eigenvalue weighted by Gasteiger charge is -2.50. The first-order chi connectivity index (χ1) is 14.9. The molecule has 2 heterocycles. The van der Waals surface area contributed by atoms with Crippen LogP contribution in [-0.2, 0) is 6.42 Å². The van der Waals surface area contributed by atoms with Gasteiger partial charge in [-0.05, 0) is 67.3 Å². The highest BCUT2D eigenvalue weighted by atomic mass is 16.3. The number of benzene rings is 1. The first kappa shape index (κ1) is 18.9. The molecule has 3 aliphatic carbocycles. The molecule has 0 aliphatic heterocycles. The summed E-state index contributed by atoms with van der Waals surface area (Å²) in [5, 5.41) is 40.0. The number of imidazole rings is 1. The highest BCUT2D eigenvalue weighted by Gasteiger charge is 2.55. The largest absolute Gasteiger partial charge is 0.504 e. The Bertz CT molecular complexity index is 1260. The van der Waals surface area contributed by atoms with E-state index < -0.39 is 0 Å². The zero-order valence-electron chi connectivity index (χ0n) is 17.5. The Labute approximate surface area is 179 Å². The van der Waals surface area contributed by atoms with Crippen LogP contribution in [0, 0.1) is 22.7 Å². The molecule has 2 fully saturated rings. The van der Waals surface area contributed by atoms with Crippen LogP contribution < -0.4 is 5.49 Å². The molecular weight excluding hydrogens is 394 g/mol. The number of aliphatic hydroxyl groups excluding tert-OH is 1. The Hall–Kier alpha value is -2.87. The summed E-state index contributed by atoms with van der Waals surface area (Å²) in [5.41, 5.74) is 3.83. The molecule has 8 heteroatoms.